The molecule has 1 heterocycles. The average molecular weight is 457 g/mol. The van der Waals surface area contributed by atoms with Crippen molar-refractivity contribution in [1.29, 1.82) is 0 Å². The Morgan fingerprint density at radius 2 is 1.72 bits per heavy atom. The van der Waals surface area contributed by atoms with Crippen LogP contribution in [0.25, 0.3) is 0 Å². The molecular weight excluding hydrogens is 448 g/mol. The second-order valence-electron chi connectivity index (χ2n) is 3.41. The highest BCUT2D eigenvalue weighted by Crippen LogP contribution is 2.36. The van der Waals surface area contributed by atoms with Gasteiger partial charge in [-0.3, -0.25) is 0 Å². The zero-order chi connectivity index (χ0) is 13.1. The summed E-state index contributed by atoms with van der Waals surface area (Å²) in [4.78, 5) is 1.17. The molecule has 2 rings (SSSR count). The first-order valence-electron chi connectivity index (χ1n) is 5.00. The van der Waals surface area contributed by atoms with Crippen LogP contribution < -0.4 is 9.47 Å². The van der Waals surface area contributed by atoms with Gasteiger partial charge in [0.15, 0.2) is 0 Å². The standard InChI is InChI=1S/C12H9Br3O2S/c1-16-10-4-9(14)11(5-8(10)13)17-6-7-2-3-12(15)18-7/h2-5H,6H2,1H3. The summed E-state index contributed by atoms with van der Waals surface area (Å²) >= 11 is 12.0. The Morgan fingerprint density at radius 3 is 2.33 bits per heavy atom. The molecule has 0 aliphatic rings. The third-order valence-electron chi connectivity index (χ3n) is 2.21. The number of hydrogen-bond acceptors (Lipinski definition) is 3. The second-order valence-corrected chi connectivity index (χ2v) is 7.67. The van der Waals surface area contributed by atoms with Crippen molar-refractivity contribution in [3.05, 3.63) is 41.9 Å². The minimum Gasteiger partial charge on any atom is -0.496 e. The van der Waals surface area contributed by atoms with Gasteiger partial charge in [-0.15, -0.1) is 11.3 Å². The second kappa shape index (κ2) is 6.41. The Bertz CT molecular complexity index is 554. The summed E-state index contributed by atoms with van der Waals surface area (Å²) in [6.07, 6.45) is 0. The first-order valence-corrected chi connectivity index (χ1v) is 8.19. The Labute approximate surface area is 135 Å². The van der Waals surface area contributed by atoms with Crippen molar-refractivity contribution in [2.45, 2.75) is 6.61 Å². The average Bonchev–Trinajstić information content (AvgIpc) is 2.75. The van der Waals surface area contributed by atoms with Gasteiger partial charge in [0.1, 0.15) is 18.1 Å². The molecule has 1 aromatic carbocycles. The highest BCUT2D eigenvalue weighted by Gasteiger charge is 2.09. The maximum absolute atomic E-state index is 5.77. The van der Waals surface area contributed by atoms with E-state index in [4.69, 9.17) is 9.47 Å². The topological polar surface area (TPSA) is 18.5 Å². The number of benzene rings is 1. The maximum Gasteiger partial charge on any atom is 0.135 e. The number of halogens is 3. The van der Waals surface area contributed by atoms with Crippen molar-refractivity contribution in [2.24, 2.45) is 0 Å². The number of hydrogen-bond donors (Lipinski definition) is 0. The van der Waals surface area contributed by atoms with Gasteiger partial charge in [0.2, 0.25) is 0 Å². The van der Waals surface area contributed by atoms with E-state index >= 15 is 0 Å². The molecule has 0 aliphatic carbocycles. The smallest absolute Gasteiger partial charge is 0.135 e. The largest absolute Gasteiger partial charge is 0.496 e. The highest BCUT2D eigenvalue weighted by atomic mass is 79.9. The van der Waals surface area contributed by atoms with E-state index in [0.717, 1.165) is 24.2 Å². The van der Waals surface area contributed by atoms with Crippen LogP contribution in [0, 0.1) is 0 Å². The van der Waals surface area contributed by atoms with Crippen LogP contribution in [0.3, 0.4) is 0 Å². The monoisotopic (exact) mass is 454 g/mol. The van der Waals surface area contributed by atoms with E-state index in [1.807, 2.05) is 24.3 Å². The third-order valence-corrected chi connectivity index (χ3v) is 5.04. The van der Waals surface area contributed by atoms with Crippen molar-refractivity contribution >= 4 is 59.1 Å². The van der Waals surface area contributed by atoms with Crippen LogP contribution in [0.15, 0.2) is 37.0 Å². The van der Waals surface area contributed by atoms with Crippen LogP contribution in [0.1, 0.15) is 4.88 Å². The molecule has 18 heavy (non-hydrogen) atoms. The first kappa shape index (κ1) is 14.4. The molecule has 2 aromatic rings. The molecule has 0 aliphatic heterocycles. The molecule has 1 aromatic heterocycles. The van der Waals surface area contributed by atoms with E-state index < -0.39 is 0 Å². The molecular formula is C12H9Br3O2S. The molecule has 0 N–H and O–H groups in total. The Balaban J connectivity index is 2.12. The van der Waals surface area contributed by atoms with Gasteiger partial charge < -0.3 is 9.47 Å². The number of thiophene rings is 1. The summed E-state index contributed by atoms with van der Waals surface area (Å²) in [5.41, 5.74) is 0. The minimum absolute atomic E-state index is 0.549. The van der Waals surface area contributed by atoms with Crippen molar-refractivity contribution in [2.75, 3.05) is 7.11 Å². The Kier molecular flexibility index (Phi) is 5.12. The van der Waals surface area contributed by atoms with Crippen LogP contribution in [0.2, 0.25) is 0 Å². The molecule has 0 saturated heterocycles. The fourth-order valence-corrected chi connectivity index (χ4v) is 3.67. The molecule has 0 fully saturated rings. The summed E-state index contributed by atoms with van der Waals surface area (Å²) < 4.78 is 13.8. The fourth-order valence-electron chi connectivity index (χ4n) is 1.36. The zero-order valence-corrected chi connectivity index (χ0v) is 14.9. The number of methoxy groups -OCH3 is 1. The number of rotatable bonds is 4. The highest BCUT2D eigenvalue weighted by molar-refractivity contribution is 9.11. The predicted molar refractivity (Wildman–Crippen MR) is 84.7 cm³/mol. The molecule has 0 saturated carbocycles. The van der Waals surface area contributed by atoms with E-state index in [9.17, 15) is 0 Å². The summed E-state index contributed by atoms with van der Waals surface area (Å²) in [6, 6.07) is 7.83. The lowest BCUT2D eigenvalue weighted by Crippen LogP contribution is -1.94. The summed E-state index contributed by atoms with van der Waals surface area (Å²) in [7, 11) is 1.64. The van der Waals surface area contributed by atoms with Gasteiger partial charge >= 0.3 is 0 Å². The van der Waals surface area contributed by atoms with Gasteiger partial charge in [0.25, 0.3) is 0 Å². The minimum atomic E-state index is 0.549. The lowest BCUT2D eigenvalue weighted by Gasteiger charge is -2.10. The number of ether oxygens (including phenoxy) is 2. The summed E-state index contributed by atoms with van der Waals surface area (Å²) in [5, 5.41) is 0. The summed E-state index contributed by atoms with van der Waals surface area (Å²) in [5.74, 6) is 1.56. The van der Waals surface area contributed by atoms with E-state index in [1.54, 1.807) is 18.4 Å². The summed E-state index contributed by atoms with van der Waals surface area (Å²) in [6.45, 7) is 0.549. The lowest BCUT2D eigenvalue weighted by atomic mass is 10.3. The Morgan fingerprint density at radius 1 is 1.06 bits per heavy atom. The molecule has 0 atom stereocenters. The van der Waals surface area contributed by atoms with Gasteiger partial charge in [-0.25, -0.2) is 0 Å². The lowest BCUT2D eigenvalue weighted by molar-refractivity contribution is 0.306. The van der Waals surface area contributed by atoms with Gasteiger partial charge in [0.05, 0.1) is 19.8 Å². The quantitative estimate of drug-likeness (QED) is 0.594. The van der Waals surface area contributed by atoms with Gasteiger partial charge in [0, 0.05) is 4.88 Å². The van der Waals surface area contributed by atoms with Gasteiger partial charge in [-0.05, 0) is 72.1 Å². The van der Waals surface area contributed by atoms with Crippen LogP contribution in [-0.4, -0.2) is 7.11 Å². The molecule has 2 nitrogen and oxygen atoms in total. The van der Waals surface area contributed by atoms with E-state index in [0.29, 0.717) is 6.61 Å². The van der Waals surface area contributed by atoms with Crippen molar-refractivity contribution in [3.8, 4) is 11.5 Å². The van der Waals surface area contributed by atoms with Crippen molar-refractivity contribution in [3.63, 3.8) is 0 Å². The van der Waals surface area contributed by atoms with Crippen LogP contribution in [0.5, 0.6) is 11.5 Å². The van der Waals surface area contributed by atoms with Crippen LogP contribution >= 0.6 is 59.1 Å². The fraction of sp³-hybridized carbons (Fsp3) is 0.167. The molecule has 0 unspecified atom stereocenters. The van der Waals surface area contributed by atoms with Crippen molar-refractivity contribution < 1.29 is 9.47 Å². The predicted octanol–water partition coefficient (Wildman–Crippen LogP) is 5.62. The molecule has 0 amide bonds. The molecule has 0 bridgehead atoms. The van der Waals surface area contributed by atoms with E-state index in [1.165, 1.54) is 4.88 Å². The SMILES string of the molecule is COc1cc(Br)c(OCc2ccc(Br)s2)cc1Br. The molecule has 6 heteroatoms. The third kappa shape index (κ3) is 3.50. The molecule has 0 spiro atoms. The van der Waals surface area contributed by atoms with Crippen LogP contribution in [0.4, 0.5) is 0 Å². The first-order chi connectivity index (χ1) is 8.60. The Hall–Kier alpha value is -0.0400. The van der Waals surface area contributed by atoms with Crippen LogP contribution in [-0.2, 0) is 6.61 Å². The molecule has 0 radical (unpaired) electrons. The normalized spacial score (nSPS) is 10.4. The van der Waals surface area contributed by atoms with Gasteiger partial charge in [-0.2, -0.15) is 0 Å². The van der Waals surface area contributed by atoms with E-state index in [-0.39, 0.29) is 0 Å². The zero-order valence-electron chi connectivity index (χ0n) is 9.38. The van der Waals surface area contributed by atoms with Crippen molar-refractivity contribution in [1.82, 2.24) is 0 Å². The van der Waals surface area contributed by atoms with Gasteiger partial charge in [-0.1, -0.05) is 0 Å². The van der Waals surface area contributed by atoms with E-state index in [2.05, 4.69) is 47.8 Å². The maximum atomic E-state index is 5.77. The molecule has 96 valence electrons.